The molecule has 2 unspecified atom stereocenters. The molecule has 0 rings (SSSR count). The Morgan fingerprint density at radius 2 is 2.00 bits per heavy atom. The molecule has 0 saturated heterocycles. The van der Waals surface area contributed by atoms with Crippen LogP contribution in [0.5, 0.6) is 0 Å². The van der Waals surface area contributed by atoms with Crippen LogP contribution in [0.3, 0.4) is 0 Å². The third-order valence-electron chi connectivity index (χ3n) is 2.18. The van der Waals surface area contributed by atoms with Crippen LogP contribution in [-0.2, 0) is 4.79 Å². The fraction of sp³-hybridized carbons (Fsp3) is 0.900. The Kier molecular flexibility index (Phi) is 5.71. The first-order chi connectivity index (χ1) is 5.97. The van der Waals surface area contributed by atoms with E-state index in [4.69, 9.17) is 5.11 Å². The highest BCUT2D eigenvalue weighted by Crippen LogP contribution is 2.08. The van der Waals surface area contributed by atoms with Crippen LogP contribution in [0, 0.1) is 5.92 Å². The van der Waals surface area contributed by atoms with Gasteiger partial charge in [-0.1, -0.05) is 20.3 Å². The quantitative estimate of drug-likeness (QED) is 0.704. The van der Waals surface area contributed by atoms with Crippen LogP contribution >= 0.6 is 0 Å². The van der Waals surface area contributed by atoms with E-state index >= 15 is 0 Å². The van der Waals surface area contributed by atoms with Crippen molar-refractivity contribution in [2.45, 2.75) is 39.7 Å². The van der Waals surface area contributed by atoms with Crippen molar-refractivity contribution in [3.8, 4) is 0 Å². The number of hydrogen-bond acceptors (Lipinski definition) is 2. The Hall–Kier alpha value is -0.570. The summed E-state index contributed by atoms with van der Waals surface area (Å²) in [4.78, 5) is 13.1. The summed E-state index contributed by atoms with van der Waals surface area (Å²) >= 11 is 0. The van der Waals surface area contributed by atoms with Crippen LogP contribution in [0.4, 0.5) is 0 Å². The molecular weight excluding hydrogens is 166 g/mol. The molecule has 2 atom stereocenters. The smallest absolute Gasteiger partial charge is 0.222 e. The number of likely N-dealkylation sites (N-methyl/N-ethyl adjacent to an activating group) is 1. The van der Waals surface area contributed by atoms with Crippen molar-refractivity contribution < 1.29 is 9.90 Å². The van der Waals surface area contributed by atoms with Crippen molar-refractivity contribution in [1.29, 1.82) is 0 Å². The van der Waals surface area contributed by atoms with E-state index in [9.17, 15) is 4.79 Å². The fourth-order valence-corrected chi connectivity index (χ4v) is 1.10. The molecule has 3 heteroatoms. The maximum absolute atomic E-state index is 11.5. The van der Waals surface area contributed by atoms with Crippen molar-refractivity contribution in [1.82, 2.24) is 4.90 Å². The first-order valence-electron chi connectivity index (χ1n) is 4.89. The summed E-state index contributed by atoms with van der Waals surface area (Å²) in [6.45, 7) is 6.25. The van der Waals surface area contributed by atoms with E-state index in [1.807, 2.05) is 0 Å². The molecule has 13 heavy (non-hydrogen) atoms. The van der Waals surface area contributed by atoms with Gasteiger partial charge >= 0.3 is 0 Å². The molecule has 0 fully saturated rings. The number of aliphatic hydroxyl groups excluding tert-OH is 1. The van der Waals surface area contributed by atoms with Gasteiger partial charge in [-0.3, -0.25) is 4.79 Å². The van der Waals surface area contributed by atoms with E-state index in [0.717, 1.165) is 6.42 Å². The molecule has 0 heterocycles. The lowest BCUT2D eigenvalue weighted by Crippen LogP contribution is -2.33. The van der Waals surface area contributed by atoms with Gasteiger partial charge in [0.25, 0.3) is 0 Å². The summed E-state index contributed by atoms with van der Waals surface area (Å²) in [5.74, 6) is 0.555. The Balaban J connectivity index is 3.82. The molecule has 78 valence electrons. The van der Waals surface area contributed by atoms with Gasteiger partial charge in [0, 0.05) is 20.0 Å². The predicted molar refractivity (Wildman–Crippen MR) is 53.4 cm³/mol. The van der Waals surface area contributed by atoms with Crippen LogP contribution in [0.15, 0.2) is 0 Å². The maximum Gasteiger partial charge on any atom is 0.222 e. The zero-order valence-corrected chi connectivity index (χ0v) is 9.08. The number of carbonyl (C=O) groups excluding carboxylic acids is 1. The highest BCUT2D eigenvalue weighted by atomic mass is 16.3. The molecule has 0 aromatic heterocycles. The van der Waals surface area contributed by atoms with Crippen LogP contribution in [0.25, 0.3) is 0 Å². The molecule has 0 aromatic carbocycles. The van der Waals surface area contributed by atoms with Gasteiger partial charge in [-0.05, 0) is 12.8 Å². The Morgan fingerprint density at radius 1 is 1.46 bits per heavy atom. The van der Waals surface area contributed by atoms with E-state index in [-0.39, 0.29) is 5.91 Å². The van der Waals surface area contributed by atoms with Crippen molar-refractivity contribution >= 4 is 5.91 Å². The summed E-state index contributed by atoms with van der Waals surface area (Å²) < 4.78 is 0. The third kappa shape index (κ3) is 5.64. The van der Waals surface area contributed by atoms with Gasteiger partial charge in [0.1, 0.15) is 0 Å². The summed E-state index contributed by atoms with van der Waals surface area (Å²) in [7, 11) is 1.73. The van der Waals surface area contributed by atoms with Crippen LogP contribution in [0.2, 0.25) is 0 Å². The van der Waals surface area contributed by atoms with E-state index in [0.29, 0.717) is 18.9 Å². The molecule has 0 aliphatic rings. The van der Waals surface area contributed by atoms with E-state index in [2.05, 4.69) is 13.8 Å². The first-order valence-corrected chi connectivity index (χ1v) is 4.89. The second kappa shape index (κ2) is 5.97. The van der Waals surface area contributed by atoms with Gasteiger partial charge in [-0.15, -0.1) is 0 Å². The molecule has 0 spiro atoms. The molecule has 0 aliphatic carbocycles. The molecule has 0 aromatic rings. The minimum atomic E-state index is -0.439. The van der Waals surface area contributed by atoms with Gasteiger partial charge in [0.05, 0.1) is 6.10 Å². The first kappa shape index (κ1) is 12.4. The fourth-order valence-electron chi connectivity index (χ4n) is 1.10. The molecule has 0 aliphatic heterocycles. The van der Waals surface area contributed by atoms with E-state index in [1.165, 1.54) is 0 Å². The SMILES string of the molecule is CCC(C)CC(=O)N(C)CC(C)O. The average Bonchev–Trinajstić information content (AvgIpc) is 2.02. The average molecular weight is 187 g/mol. The minimum Gasteiger partial charge on any atom is -0.392 e. The second-order valence-electron chi connectivity index (χ2n) is 3.84. The van der Waals surface area contributed by atoms with E-state index < -0.39 is 6.10 Å². The van der Waals surface area contributed by atoms with Crippen molar-refractivity contribution in [3.63, 3.8) is 0 Å². The largest absolute Gasteiger partial charge is 0.392 e. The lowest BCUT2D eigenvalue weighted by Gasteiger charge is -2.20. The molecule has 1 amide bonds. The van der Waals surface area contributed by atoms with Gasteiger partial charge < -0.3 is 10.0 Å². The topological polar surface area (TPSA) is 40.5 Å². The van der Waals surface area contributed by atoms with Crippen molar-refractivity contribution in [2.24, 2.45) is 5.92 Å². The predicted octanol–water partition coefficient (Wildman–Crippen LogP) is 1.26. The molecule has 1 N–H and O–H groups in total. The van der Waals surface area contributed by atoms with Crippen molar-refractivity contribution in [3.05, 3.63) is 0 Å². The zero-order valence-electron chi connectivity index (χ0n) is 9.08. The Morgan fingerprint density at radius 3 is 2.38 bits per heavy atom. The van der Waals surface area contributed by atoms with Gasteiger partial charge in [-0.25, -0.2) is 0 Å². The lowest BCUT2D eigenvalue weighted by atomic mass is 10.0. The molecule has 0 saturated carbocycles. The summed E-state index contributed by atoms with van der Waals surface area (Å²) in [6, 6.07) is 0. The van der Waals surface area contributed by atoms with Crippen LogP contribution in [-0.4, -0.2) is 35.6 Å². The van der Waals surface area contributed by atoms with Gasteiger partial charge in [0.2, 0.25) is 5.91 Å². The normalized spacial score (nSPS) is 15.2. The third-order valence-corrected chi connectivity index (χ3v) is 2.18. The van der Waals surface area contributed by atoms with Gasteiger partial charge in [-0.2, -0.15) is 0 Å². The highest BCUT2D eigenvalue weighted by molar-refractivity contribution is 5.76. The number of rotatable bonds is 5. The van der Waals surface area contributed by atoms with Crippen LogP contribution in [0.1, 0.15) is 33.6 Å². The number of aliphatic hydroxyl groups is 1. The second-order valence-corrected chi connectivity index (χ2v) is 3.84. The lowest BCUT2D eigenvalue weighted by molar-refractivity contribution is -0.131. The van der Waals surface area contributed by atoms with Gasteiger partial charge in [0.15, 0.2) is 0 Å². The Bertz CT molecular complexity index is 157. The summed E-state index contributed by atoms with van der Waals surface area (Å²) in [5, 5.41) is 9.07. The minimum absolute atomic E-state index is 0.121. The number of hydrogen-bond donors (Lipinski definition) is 1. The number of nitrogens with zero attached hydrogens (tertiary/aromatic N) is 1. The highest BCUT2D eigenvalue weighted by Gasteiger charge is 2.13. The molecular formula is C10H21NO2. The summed E-state index contributed by atoms with van der Waals surface area (Å²) in [5.41, 5.74) is 0. The van der Waals surface area contributed by atoms with Crippen molar-refractivity contribution in [2.75, 3.05) is 13.6 Å². The number of carbonyl (C=O) groups is 1. The van der Waals surface area contributed by atoms with E-state index in [1.54, 1.807) is 18.9 Å². The summed E-state index contributed by atoms with van der Waals surface area (Å²) in [6.07, 6.45) is 1.17. The maximum atomic E-state index is 11.5. The standard InChI is InChI=1S/C10H21NO2/c1-5-8(2)6-10(13)11(4)7-9(3)12/h8-9,12H,5-7H2,1-4H3. The number of amides is 1. The van der Waals surface area contributed by atoms with Crippen LogP contribution < -0.4 is 0 Å². The molecule has 3 nitrogen and oxygen atoms in total. The Labute approximate surface area is 80.7 Å². The monoisotopic (exact) mass is 187 g/mol. The molecule has 0 radical (unpaired) electrons. The molecule has 0 bridgehead atoms. The zero-order chi connectivity index (χ0) is 10.4.